The number of amides is 1. The minimum Gasteiger partial charge on any atom is -0.493 e. The first-order chi connectivity index (χ1) is 11.6. The third-order valence-electron chi connectivity index (χ3n) is 3.39. The second-order valence-electron chi connectivity index (χ2n) is 5.90. The van der Waals surface area contributed by atoms with Crippen molar-refractivity contribution in [2.45, 2.75) is 20.3 Å². The van der Waals surface area contributed by atoms with Crippen LogP contribution in [0, 0.1) is 5.92 Å². The highest BCUT2D eigenvalue weighted by Gasteiger charge is 2.11. The molecule has 0 aliphatic carbocycles. The smallest absolute Gasteiger partial charge is 0.251 e. The van der Waals surface area contributed by atoms with Gasteiger partial charge in [0.05, 0.1) is 13.7 Å². The Morgan fingerprint density at radius 3 is 2.71 bits per heavy atom. The van der Waals surface area contributed by atoms with Crippen molar-refractivity contribution in [3.05, 3.63) is 53.9 Å². The molecule has 24 heavy (non-hydrogen) atoms. The van der Waals surface area contributed by atoms with E-state index < -0.39 is 0 Å². The fourth-order valence-electron chi connectivity index (χ4n) is 2.14. The summed E-state index contributed by atoms with van der Waals surface area (Å²) in [4.78, 5) is 16.5. The average Bonchev–Trinajstić information content (AvgIpc) is 2.60. The molecule has 2 rings (SSSR count). The summed E-state index contributed by atoms with van der Waals surface area (Å²) in [7, 11) is 1.57. The third kappa shape index (κ3) is 5.26. The van der Waals surface area contributed by atoms with Gasteiger partial charge in [-0.2, -0.15) is 0 Å². The van der Waals surface area contributed by atoms with E-state index in [9.17, 15) is 4.79 Å². The second kappa shape index (κ2) is 8.91. The van der Waals surface area contributed by atoms with E-state index in [2.05, 4.69) is 24.1 Å². The van der Waals surface area contributed by atoms with E-state index in [1.807, 2.05) is 18.2 Å². The number of rotatable bonds is 8. The molecular weight excluding hydrogens is 304 g/mol. The van der Waals surface area contributed by atoms with Crippen LogP contribution in [0.15, 0.2) is 42.6 Å². The number of hydrogen-bond acceptors (Lipinski definition) is 4. The molecule has 0 aliphatic heterocycles. The summed E-state index contributed by atoms with van der Waals surface area (Å²) in [6.07, 6.45) is 2.44. The molecule has 0 aliphatic rings. The topological polar surface area (TPSA) is 60.5 Å². The Kier molecular flexibility index (Phi) is 6.61. The van der Waals surface area contributed by atoms with Crippen LogP contribution in [0.25, 0.3) is 0 Å². The molecule has 1 aromatic heterocycles. The van der Waals surface area contributed by atoms with Gasteiger partial charge in [0, 0.05) is 30.4 Å². The van der Waals surface area contributed by atoms with Crippen molar-refractivity contribution in [3.63, 3.8) is 0 Å². The van der Waals surface area contributed by atoms with Gasteiger partial charge in [-0.05, 0) is 36.2 Å². The monoisotopic (exact) mass is 328 g/mol. The molecule has 0 radical (unpaired) electrons. The van der Waals surface area contributed by atoms with Crippen molar-refractivity contribution >= 4 is 5.91 Å². The Balaban J connectivity index is 1.94. The molecule has 5 nitrogen and oxygen atoms in total. The summed E-state index contributed by atoms with van der Waals surface area (Å²) in [5.41, 5.74) is 1.50. The van der Waals surface area contributed by atoms with Crippen molar-refractivity contribution in [2.75, 3.05) is 20.3 Å². The Hall–Kier alpha value is -2.56. The van der Waals surface area contributed by atoms with Crippen molar-refractivity contribution < 1.29 is 14.3 Å². The van der Waals surface area contributed by atoms with Crippen LogP contribution in [0.3, 0.4) is 0 Å². The lowest BCUT2D eigenvalue weighted by Gasteiger charge is -2.13. The van der Waals surface area contributed by atoms with Gasteiger partial charge in [0.15, 0.2) is 11.5 Å². The summed E-state index contributed by atoms with van der Waals surface area (Å²) in [6, 6.07) is 11.0. The van der Waals surface area contributed by atoms with Gasteiger partial charge in [-0.1, -0.05) is 19.9 Å². The number of nitrogens with zero attached hydrogens (tertiary/aromatic N) is 1. The summed E-state index contributed by atoms with van der Waals surface area (Å²) in [5, 5.41) is 2.89. The fraction of sp³-hybridized carbons (Fsp3) is 0.368. The van der Waals surface area contributed by atoms with Crippen molar-refractivity contribution in [1.29, 1.82) is 0 Å². The number of carbonyl (C=O) groups excluding carboxylic acids is 1. The maximum Gasteiger partial charge on any atom is 0.251 e. The van der Waals surface area contributed by atoms with Gasteiger partial charge >= 0.3 is 0 Å². The highest BCUT2D eigenvalue weighted by molar-refractivity contribution is 5.94. The highest BCUT2D eigenvalue weighted by Crippen LogP contribution is 2.28. The summed E-state index contributed by atoms with van der Waals surface area (Å²) in [6.45, 7) is 5.29. The largest absolute Gasteiger partial charge is 0.493 e. The molecule has 0 unspecified atom stereocenters. The van der Waals surface area contributed by atoms with Gasteiger partial charge in [-0.25, -0.2) is 0 Å². The van der Waals surface area contributed by atoms with Crippen LogP contribution < -0.4 is 14.8 Å². The zero-order valence-electron chi connectivity index (χ0n) is 14.4. The molecule has 128 valence electrons. The van der Waals surface area contributed by atoms with Crippen LogP contribution in [-0.2, 0) is 6.42 Å². The van der Waals surface area contributed by atoms with Gasteiger partial charge in [-0.3, -0.25) is 9.78 Å². The Bertz CT molecular complexity index is 657. The van der Waals surface area contributed by atoms with E-state index in [1.54, 1.807) is 31.5 Å². The van der Waals surface area contributed by atoms with Crippen molar-refractivity contribution in [3.8, 4) is 11.5 Å². The lowest BCUT2D eigenvalue weighted by atomic mass is 10.1. The van der Waals surface area contributed by atoms with E-state index in [1.165, 1.54) is 0 Å². The molecule has 0 fully saturated rings. The molecule has 5 heteroatoms. The van der Waals surface area contributed by atoms with Crippen LogP contribution in [-0.4, -0.2) is 31.2 Å². The van der Waals surface area contributed by atoms with E-state index in [0.29, 0.717) is 42.6 Å². The Morgan fingerprint density at radius 1 is 1.21 bits per heavy atom. The standard InChI is InChI=1S/C19H24N2O3/c1-14(2)13-24-17-8-7-15(12-18(17)23-3)19(22)21-11-9-16-6-4-5-10-20-16/h4-8,10,12,14H,9,11,13H2,1-3H3,(H,21,22). The number of aromatic nitrogens is 1. The number of ether oxygens (including phenoxy) is 2. The number of methoxy groups -OCH3 is 1. The van der Waals surface area contributed by atoms with Crippen molar-refractivity contribution in [1.82, 2.24) is 10.3 Å². The molecule has 1 amide bonds. The maximum absolute atomic E-state index is 12.3. The molecule has 2 aromatic rings. The fourth-order valence-corrected chi connectivity index (χ4v) is 2.14. The van der Waals surface area contributed by atoms with E-state index in [4.69, 9.17) is 9.47 Å². The minimum atomic E-state index is -0.139. The van der Waals surface area contributed by atoms with Gasteiger partial charge in [0.1, 0.15) is 0 Å². The number of hydrogen-bond donors (Lipinski definition) is 1. The lowest BCUT2D eigenvalue weighted by Crippen LogP contribution is -2.25. The average molecular weight is 328 g/mol. The molecule has 0 spiro atoms. The van der Waals surface area contributed by atoms with Gasteiger partial charge in [0.25, 0.3) is 5.91 Å². The quantitative estimate of drug-likeness (QED) is 0.809. The zero-order chi connectivity index (χ0) is 17.4. The SMILES string of the molecule is COc1cc(C(=O)NCCc2ccccn2)ccc1OCC(C)C. The van der Waals surface area contributed by atoms with E-state index in [-0.39, 0.29) is 5.91 Å². The molecule has 0 bridgehead atoms. The number of nitrogens with one attached hydrogen (secondary N) is 1. The predicted molar refractivity (Wildman–Crippen MR) is 93.6 cm³/mol. The minimum absolute atomic E-state index is 0.139. The summed E-state index contributed by atoms with van der Waals surface area (Å²) < 4.78 is 11.0. The first-order valence-electron chi connectivity index (χ1n) is 8.09. The third-order valence-corrected chi connectivity index (χ3v) is 3.39. The number of pyridine rings is 1. The first kappa shape index (κ1) is 17.8. The summed E-state index contributed by atoms with van der Waals surface area (Å²) >= 11 is 0. The molecule has 0 saturated heterocycles. The normalized spacial score (nSPS) is 10.5. The van der Waals surface area contributed by atoms with Crippen molar-refractivity contribution in [2.24, 2.45) is 5.92 Å². The highest BCUT2D eigenvalue weighted by atomic mass is 16.5. The van der Waals surface area contributed by atoms with Crippen LogP contribution in [0.1, 0.15) is 29.9 Å². The van der Waals surface area contributed by atoms with Crippen LogP contribution in [0.4, 0.5) is 0 Å². The zero-order valence-corrected chi connectivity index (χ0v) is 14.4. The predicted octanol–water partition coefficient (Wildman–Crippen LogP) is 3.10. The van der Waals surface area contributed by atoms with Crippen LogP contribution in [0.5, 0.6) is 11.5 Å². The Morgan fingerprint density at radius 2 is 2.04 bits per heavy atom. The summed E-state index contributed by atoms with van der Waals surface area (Å²) in [5.74, 6) is 1.49. The molecule has 0 atom stereocenters. The lowest BCUT2D eigenvalue weighted by molar-refractivity contribution is 0.0953. The van der Waals surface area contributed by atoms with Gasteiger partial charge < -0.3 is 14.8 Å². The van der Waals surface area contributed by atoms with Gasteiger partial charge in [-0.15, -0.1) is 0 Å². The van der Waals surface area contributed by atoms with E-state index in [0.717, 1.165) is 5.69 Å². The van der Waals surface area contributed by atoms with Gasteiger partial charge in [0.2, 0.25) is 0 Å². The molecular formula is C19H24N2O3. The maximum atomic E-state index is 12.3. The van der Waals surface area contributed by atoms with Crippen LogP contribution in [0.2, 0.25) is 0 Å². The first-order valence-corrected chi connectivity index (χ1v) is 8.09. The second-order valence-corrected chi connectivity index (χ2v) is 5.90. The molecule has 1 aromatic carbocycles. The van der Waals surface area contributed by atoms with Crippen LogP contribution >= 0.6 is 0 Å². The molecule has 1 heterocycles. The number of carbonyl (C=O) groups is 1. The van der Waals surface area contributed by atoms with E-state index >= 15 is 0 Å². The number of benzene rings is 1. The molecule has 1 N–H and O–H groups in total. The molecule has 0 saturated carbocycles. The Labute approximate surface area is 143 Å².